The Kier molecular flexibility index (Phi) is 57.2. The molecule has 0 saturated carbocycles. The Hall–Kier alpha value is -1.47. The first-order valence-corrected chi connectivity index (χ1v) is 31.4. The fourth-order valence-electron chi connectivity index (χ4n) is 9.91. The van der Waals surface area contributed by atoms with Crippen LogP contribution in [0.2, 0.25) is 0 Å². The summed E-state index contributed by atoms with van der Waals surface area (Å²) in [7, 11) is 0. The smallest absolute Gasteiger partial charge is 0.249 e. The van der Waals surface area contributed by atoms with E-state index in [1.807, 2.05) is 0 Å². The predicted molar refractivity (Wildman–Crippen MR) is 307 cm³/mol. The summed E-state index contributed by atoms with van der Waals surface area (Å²) >= 11 is 0. The fraction of sp³-hybridized carbons (Fsp3) is 0.891. The highest BCUT2D eigenvalue weighted by atomic mass is 16.3. The highest BCUT2D eigenvalue weighted by molar-refractivity contribution is 5.80. The predicted octanol–water partition coefficient (Wildman–Crippen LogP) is 18.8. The number of nitrogens with one attached hydrogen (secondary N) is 1. The van der Waals surface area contributed by atoms with Gasteiger partial charge in [0.1, 0.15) is 12.2 Å². The molecule has 1 amide bonds. The van der Waals surface area contributed by atoms with Crippen molar-refractivity contribution in [3.8, 4) is 0 Å². The van der Waals surface area contributed by atoms with Crippen molar-refractivity contribution in [2.75, 3.05) is 6.61 Å². The van der Waals surface area contributed by atoms with Crippen molar-refractivity contribution >= 4 is 5.91 Å². The molecule has 0 saturated heterocycles. The molecule has 4 atom stereocenters. The second-order valence-electron chi connectivity index (χ2n) is 21.7. The fourth-order valence-corrected chi connectivity index (χ4v) is 9.91. The Labute approximate surface area is 437 Å². The number of amides is 1. The summed E-state index contributed by atoms with van der Waals surface area (Å²) < 4.78 is 0. The monoisotopic (exact) mass is 986 g/mol. The lowest BCUT2D eigenvalue weighted by atomic mass is 10.00. The van der Waals surface area contributed by atoms with Crippen molar-refractivity contribution in [1.29, 1.82) is 0 Å². The zero-order valence-corrected chi connectivity index (χ0v) is 47.0. The topological polar surface area (TPSA) is 110 Å². The number of rotatable bonds is 58. The van der Waals surface area contributed by atoms with Crippen molar-refractivity contribution in [3.05, 3.63) is 36.5 Å². The first kappa shape index (κ1) is 68.5. The van der Waals surface area contributed by atoms with Gasteiger partial charge in [-0.1, -0.05) is 301 Å². The van der Waals surface area contributed by atoms with Gasteiger partial charge < -0.3 is 25.7 Å². The van der Waals surface area contributed by atoms with Crippen LogP contribution in [0.25, 0.3) is 0 Å². The Bertz CT molecular complexity index is 1110. The molecule has 6 nitrogen and oxygen atoms in total. The van der Waals surface area contributed by atoms with Gasteiger partial charge in [0.15, 0.2) is 0 Å². The Balaban J connectivity index is 3.62. The van der Waals surface area contributed by atoms with E-state index >= 15 is 0 Å². The minimum Gasteiger partial charge on any atom is -0.394 e. The molecule has 70 heavy (non-hydrogen) atoms. The quantitative estimate of drug-likeness (QED) is 0.0308. The van der Waals surface area contributed by atoms with Crippen molar-refractivity contribution in [2.45, 2.75) is 359 Å². The molecule has 0 rings (SSSR count). The lowest BCUT2D eigenvalue weighted by Gasteiger charge is -2.27. The maximum atomic E-state index is 12.6. The largest absolute Gasteiger partial charge is 0.394 e. The number of aliphatic hydroxyl groups excluding tert-OH is 4. The minimum absolute atomic E-state index is 0.363. The van der Waals surface area contributed by atoms with Crippen LogP contribution >= 0.6 is 0 Å². The average molecular weight is 987 g/mol. The van der Waals surface area contributed by atoms with Crippen LogP contribution in [0.5, 0.6) is 0 Å². The number of aliphatic hydroxyl groups is 4. The van der Waals surface area contributed by atoms with Gasteiger partial charge in [-0.2, -0.15) is 0 Å². The molecule has 0 aliphatic carbocycles. The summed E-state index contributed by atoms with van der Waals surface area (Å²) in [6.45, 7) is 4.08. The molecule has 0 aliphatic heterocycles. The molecule has 0 bridgehead atoms. The molecule has 6 heteroatoms. The minimum atomic E-state index is -1.28. The second-order valence-corrected chi connectivity index (χ2v) is 21.7. The number of hydrogen-bond acceptors (Lipinski definition) is 5. The third-order valence-corrected chi connectivity index (χ3v) is 14.8. The van der Waals surface area contributed by atoms with E-state index in [1.165, 1.54) is 263 Å². The van der Waals surface area contributed by atoms with E-state index in [9.17, 15) is 25.2 Å². The molecule has 0 aromatic heterocycles. The number of hydrogen-bond donors (Lipinski definition) is 5. The summed E-state index contributed by atoms with van der Waals surface area (Å²) in [6, 6.07) is -1.00. The molecule has 0 radical (unpaired) electrons. The Morgan fingerprint density at radius 1 is 0.357 bits per heavy atom. The molecule has 4 unspecified atom stereocenters. The molecule has 0 spiro atoms. The number of carbonyl (C=O) groups excluding carboxylic acids is 1. The van der Waals surface area contributed by atoms with E-state index in [4.69, 9.17) is 0 Å². The van der Waals surface area contributed by atoms with Crippen molar-refractivity contribution in [2.24, 2.45) is 0 Å². The molecule has 414 valence electrons. The molecule has 5 N–H and O–H groups in total. The van der Waals surface area contributed by atoms with Crippen LogP contribution < -0.4 is 5.32 Å². The Morgan fingerprint density at radius 2 is 0.629 bits per heavy atom. The van der Waals surface area contributed by atoms with Gasteiger partial charge in [-0.25, -0.2) is 0 Å². The van der Waals surface area contributed by atoms with Crippen LogP contribution in [0.4, 0.5) is 0 Å². The summed E-state index contributed by atoms with van der Waals surface area (Å²) in [6.07, 6.45) is 73.8. The number of carbonyl (C=O) groups is 1. The lowest BCUT2D eigenvalue weighted by molar-refractivity contribution is -0.132. The van der Waals surface area contributed by atoms with Crippen molar-refractivity contribution in [1.82, 2.24) is 5.32 Å². The van der Waals surface area contributed by atoms with Crippen molar-refractivity contribution < 1.29 is 25.2 Å². The second kappa shape index (κ2) is 58.4. The van der Waals surface area contributed by atoms with Crippen LogP contribution in [-0.4, -0.2) is 57.3 Å². The average Bonchev–Trinajstić information content (AvgIpc) is 3.36. The van der Waals surface area contributed by atoms with Crippen LogP contribution in [-0.2, 0) is 4.79 Å². The van der Waals surface area contributed by atoms with Gasteiger partial charge in [0.05, 0.1) is 18.8 Å². The molecule has 0 heterocycles. The SMILES string of the molecule is CCCCCCCCCCC/C=C\C/C=C\CCCCCCCCCCCCCCCCC(O)C(=O)NC(CO)C(O)C(O)CCC/C=C/CCCCCCCCCCCCCCCCCCCCC. The summed E-state index contributed by atoms with van der Waals surface area (Å²) in [5, 5.41) is 44.1. The van der Waals surface area contributed by atoms with Gasteiger partial charge in [-0.15, -0.1) is 0 Å². The van der Waals surface area contributed by atoms with Crippen LogP contribution in [0.1, 0.15) is 335 Å². The standard InChI is InChI=1S/C64H123NO5/c1-3-5-7-9-11-13-15-17-19-21-23-25-27-29-30-31-32-33-34-36-38-40-42-44-46-48-50-52-54-56-58-62(68)64(70)65-60(59-66)63(69)61(67)57-55-53-51-49-47-45-43-41-39-37-35-28-26-24-22-20-18-16-14-12-10-8-6-4-2/h23,25,29-30,49,51,60-63,66-69H,3-22,24,26-28,31-48,50,52-59H2,1-2H3,(H,65,70)/b25-23-,30-29-,51-49+. The van der Waals surface area contributed by atoms with Gasteiger partial charge in [0.25, 0.3) is 0 Å². The lowest BCUT2D eigenvalue weighted by Crippen LogP contribution is -2.53. The van der Waals surface area contributed by atoms with Crippen LogP contribution in [0, 0.1) is 0 Å². The highest BCUT2D eigenvalue weighted by Crippen LogP contribution is 2.18. The van der Waals surface area contributed by atoms with E-state index in [0.717, 1.165) is 44.9 Å². The molecule has 0 aromatic rings. The zero-order valence-electron chi connectivity index (χ0n) is 47.0. The van der Waals surface area contributed by atoms with Gasteiger partial charge in [-0.05, 0) is 70.6 Å². The van der Waals surface area contributed by atoms with Gasteiger partial charge in [0, 0.05) is 0 Å². The first-order chi connectivity index (χ1) is 34.5. The van der Waals surface area contributed by atoms with E-state index in [0.29, 0.717) is 12.8 Å². The van der Waals surface area contributed by atoms with E-state index in [2.05, 4.69) is 55.6 Å². The molecule has 0 aromatic carbocycles. The zero-order chi connectivity index (χ0) is 50.9. The van der Waals surface area contributed by atoms with Gasteiger partial charge >= 0.3 is 0 Å². The molecular weight excluding hydrogens is 863 g/mol. The summed E-state index contributed by atoms with van der Waals surface area (Å²) in [5.74, 6) is -0.589. The molecule has 0 aliphatic rings. The third kappa shape index (κ3) is 51.4. The normalized spacial score (nSPS) is 13.9. The van der Waals surface area contributed by atoms with Crippen LogP contribution in [0.3, 0.4) is 0 Å². The Morgan fingerprint density at radius 3 is 0.943 bits per heavy atom. The van der Waals surface area contributed by atoms with Gasteiger partial charge in [-0.3, -0.25) is 4.79 Å². The van der Waals surface area contributed by atoms with E-state index < -0.39 is 36.9 Å². The number of unbranched alkanes of at least 4 members (excludes halogenated alkanes) is 43. The third-order valence-electron chi connectivity index (χ3n) is 14.8. The first-order valence-electron chi connectivity index (χ1n) is 31.4. The number of allylic oxidation sites excluding steroid dienone is 6. The van der Waals surface area contributed by atoms with E-state index in [1.54, 1.807) is 0 Å². The maximum Gasteiger partial charge on any atom is 0.249 e. The molecule has 0 fully saturated rings. The summed E-state index contributed by atoms with van der Waals surface area (Å²) in [4.78, 5) is 12.6. The molecular formula is C64H123NO5. The van der Waals surface area contributed by atoms with Crippen molar-refractivity contribution in [3.63, 3.8) is 0 Å². The van der Waals surface area contributed by atoms with Gasteiger partial charge in [0.2, 0.25) is 5.91 Å². The maximum absolute atomic E-state index is 12.6. The highest BCUT2D eigenvalue weighted by Gasteiger charge is 2.28. The van der Waals surface area contributed by atoms with E-state index in [-0.39, 0.29) is 0 Å². The van der Waals surface area contributed by atoms with Crippen LogP contribution in [0.15, 0.2) is 36.5 Å². The summed E-state index contributed by atoms with van der Waals surface area (Å²) in [5.41, 5.74) is 0.